The van der Waals surface area contributed by atoms with Gasteiger partial charge in [-0.3, -0.25) is 10.1 Å². The van der Waals surface area contributed by atoms with Crippen molar-refractivity contribution in [3.63, 3.8) is 0 Å². The molecule has 0 heterocycles. The molecule has 0 fully saturated rings. The van der Waals surface area contributed by atoms with Gasteiger partial charge < -0.3 is 14.6 Å². The Balaban J connectivity index is 2.92. The Bertz CT molecular complexity index is 464. The molecule has 0 aromatic heterocycles. The van der Waals surface area contributed by atoms with Crippen LogP contribution in [0.3, 0.4) is 0 Å². The Morgan fingerprint density at radius 1 is 1.40 bits per heavy atom. The Morgan fingerprint density at radius 2 is 2.10 bits per heavy atom. The van der Waals surface area contributed by atoms with Gasteiger partial charge in [0.1, 0.15) is 6.61 Å². The highest BCUT2D eigenvalue weighted by atomic mass is 79.9. The second-order valence-electron chi connectivity index (χ2n) is 4.24. The monoisotopic (exact) mass is 347 g/mol. The molecule has 1 N–H and O–H groups in total. The third-order valence-corrected chi connectivity index (χ3v) is 2.99. The molecule has 0 aliphatic carbocycles. The lowest BCUT2D eigenvalue weighted by atomic mass is 10.1. The number of aliphatic hydroxyl groups is 1. The Morgan fingerprint density at radius 3 is 2.65 bits per heavy atom. The van der Waals surface area contributed by atoms with Crippen molar-refractivity contribution < 1.29 is 19.5 Å². The number of nitro benzene ring substituents is 1. The van der Waals surface area contributed by atoms with Crippen LogP contribution in [0.2, 0.25) is 0 Å². The van der Waals surface area contributed by atoms with Gasteiger partial charge in [-0.25, -0.2) is 0 Å². The molecule has 0 bridgehead atoms. The summed E-state index contributed by atoms with van der Waals surface area (Å²) in [6, 6.07) is 2.97. The zero-order chi connectivity index (χ0) is 15.1. The summed E-state index contributed by atoms with van der Waals surface area (Å²) in [5.41, 5.74) is 0.201. The normalized spacial score (nSPS) is 12.2. The summed E-state index contributed by atoms with van der Waals surface area (Å²) in [7, 11) is 0. The van der Waals surface area contributed by atoms with Crippen LogP contribution in [0.25, 0.3) is 0 Å². The van der Waals surface area contributed by atoms with Crippen molar-refractivity contribution in [2.24, 2.45) is 0 Å². The molecule has 1 aromatic rings. The van der Waals surface area contributed by atoms with Crippen molar-refractivity contribution in [2.75, 3.05) is 19.8 Å². The number of hydrogen-bond acceptors (Lipinski definition) is 5. The average molecular weight is 348 g/mol. The second kappa shape index (κ2) is 8.18. The van der Waals surface area contributed by atoms with Crippen molar-refractivity contribution in [1.29, 1.82) is 0 Å². The van der Waals surface area contributed by atoms with Crippen LogP contribution in [-0.4, -0.2) is 29.9 Å². The maximum atomic E-state index is 11.1. The van der Waals surface area contributed by atoms with E-state index in [1.807, 2.05) is 6.92 Å². The summed E-state index contributed by atoms with van der Waals surface area (Å²) in [5, 5.41) is 20.8. The first-order valence-electron chi connectivity index (χ1n) is 6.33. The van der Waals surface area contributed by atoms with E-state index in [-0.39, 0.29) is 18.0 Å². The van der Waals surface area contributed by atoms with Crippen LogP contribution in [0, 0.1) is 10.1 Å². The average Bonchev–Trinajstić information content (AvgIpc) is 2.38. The molecule has 1 unspecified atom stereocenters. The van der Waals surface area contributed by atoms with Crippen molar-refractivity contribution in [2.45, 2.75) is 26.4 Å². The summed E-state index contributed by atoms with van der Waals surface area (Å²) < 4.78 is 11.2. The maximum Gasteiger partial charge on any atom is 0.312 e. The lowest BCUT2D eigenvalue weighted by molar-refractivity contribution is -0.386. The van der Waals surface area contributed by atoms with Crippen molar-refractivity contribution in [3.05, 3.63) is 32.3 Å². The molecule has 0 saturated carbocycles. The molecular formula is C13H18BrNO5. The molecule has 0 saturated heterocycles. The van der Waals surface area contributed by atoms with Gasteiger partial charge in [0.2, 0.25) is 5.75 Å². The zero-order valence-electron chi connectivity index (χ0n) is 11.5. The molecule has 1 rings (SSSR count). The summed E-state index contributed by atoms with van der Waals surface area (Å²) >= 11 is 3.19. The van der Waals surface area contributed by atoms with Crippen LogP contribution >= 0.6 is 15.9 Å². The van der Waals surface area contributed by atoms with Gasteiger partial charge in [0.15, 0.2) is 0 Å². The van der Waals surface area contributed by atoms with Crippen LogP contribution in [0.5, 0.6) is 5.75 Å². The number of halogens is 1. The Hall–Kier alpha value is -1.18. The predicted molar refractivity (Wildman–Crippen MR) is 78.0 cm³/mol. The van der Waals surface area contributed by atoms with Crippen LogP contribution in [0.15, 0.2) is 16.6 Å². The summed E-state index contributed by atoms with van der Waals surface area (Å²) in [6.45, 7) is 4.69. The smallest absolute Gasteiger partial charge is 0.312 e. The van der Waals surface area contributed by atoms with Gasteiger partial charge in [-0.15, -0.1) is 0 Å². The first-order chi connectivity index (χ1) is 9.47. The molecule has 0 radical (unpaired) electrons. The fourth-order valence-corrected chi connectivity index (χ4v) is 2.12. The van der Waals surface area contributed by atoms with Gasteiger partial charge >= 0.3 is 5.69 Å². The maximum absolute atomic E-state index is 11.1. The van der Waals surface area contributed by atoms with E-state index in [1.54, 1.807) is 6.07 Å². The number of rotatable bonds is 8. The Labute approximate surface area is 126 Å². The van der Waals surface area contributed by atoms with Gasteiger partial charge in [-0.05, 0) is 19.4 Å². The van der Waals surface area contributed by atoms with E-state index in [9.17, 15) is 15.2 Å². The van der Waals surface area contributed by atoms with Crippen LogP contribution in [0.4, 0.5) is 5.69 Å². The summed E-state index contributed by atoms with van der Waals surface area (Å²) in [6.07, 6.45) is 0.0370. The van der Waals surface area contributed by atoms with Crippen molar-refractivity contribution >= 4 is 21.6 Å². The highest BCUT2D eigenvalue weighted by Gasteiger charge is 2.23. The molecule has 0 aliphatic rings. The number of ether oxygens (including phenoxy) is 2. The number of nitrogens with zero attached hydrogens (tertiary/aromatic N) is 1. The van der Waals surface area contributed by atoms with Gasteiger partial charge in [-0.1, -0.05) is 22.9 Å². The van der Waals surface area contributed by atoms with Gasteiger partial charge in [-0.2, -0.15) is 0 Å². The van der Waals surface area contributed by atoms with Crippen LogP contribution < -0.4 is 4.74 Å². The SMILES string of the molecule is CCCOCCOc1c(C(C)O)cc(Br)cc1[N+](=O)[O-]. The molecule has 1 atom stereocenters. The lowest BCUT2D eigenvalue weighted by Crippen LogP contribution is -2.10. The molecule has 0 amide bonds. The number of hydrogen-bond donors (Lipinski definition) is 1. The van der Waals surface area contributed by atoms with E-state index < -0.39 is 11.0 Å². The number of aliphatic hydroxyl groups excluding tert-OH is 1. The fraction of sp³-hybridized carbons (Fsp3) is 0.538. The minimum absolute atomic E-state index is 0.0910. The summed E-state index contributed by atoms with van der Waals surface area (Å²) in [4.78, 5) is 10.5. The van der Waals surface area contributed by atoms with E-state index >= 15 is 0 Å². The third-order valence-electron chi connectivity index (χ3n) is 2.53. The molecular weight excluding hydrogens is 330 g/mol. The van der Waals surface area contributed by atoms with E-state index in [1.165, 1.54) is 13.0 Å². The largest absolute Gasteiger partial charge is 0.484 e. The molecule has 0 aliphatic heterocycles. The first-order valence-corrected chi connectivity index (χ1v) is 7.13. The van der Waals surface area contributed by atoms with E-state index in [2.05, 4.69) is 15.9 Å². The molecule has 112 valence electrons. The van der Waals surface area contributed by atoms with E-state index in [4.69, 9.17) is 9.47 Å². The standard InChI is InChI=1S/C13H18BrNO5/c1-3-4-19-5-6-20-13-11(9(2)16)7-10(14)8-12(13)15(17)18/h7-9,16H,3-6H2,1-2H3. The van der Waals surface area contributed by atoms with Crippen LogP contribution in [-0.2, 0) is 4.74 Å². The molecule has 6 nitrogen and oxygen atoms in total. The van der Waals surface area contributed by atoms with Gasteiger partial charge in [0.05, 0.1) is 17.6 Å². The van der Waals surface area contributed by atoms with Gasteiger partial charge in [0, 0.05) is 22.7 Å². The quantitative estimate of drug-likeness (QED) is 0.443. The topological polar surface area (TPSA) is 81.8 Å². The number of benzene rings is 1. The number of nitro groups is 1. The first kappa shape index (κ1) is 16.9. The fourth-order valence-electron chi connectivity index (χ4n) is 1.65. The second-order valence-corrected chi connectivity index (χ2v) is 5.15. The lowest BCUT2D eigenvalue weighted by Gasteiger charge is -2.14. The van der Waals surface area contributed by atoms with Crippen LogP contribution in [0.1, 0.15) is 31.9 Å². The minimum atomic E-state index is -0.863. The third kappa shape index (κ3) is 4.73. The summed E-state index contributed by atoms with van der Waals surface area (Å²) in [5.74, 6) is 0.0910. The van der Waals surface area contributed by atoms with E-state index in [0.717, 1.165) is 6.42 Å². The predicted octanol–water partition coefficient (Wildman–Crippen LogP) is 3.22. The van der Waals surface area contributed by atoms with Gasteiger partial charge in [0.25, 0.3) is 0 Å². The zero-order valence-corrected chi connectivity index (χ0v) is 13.1. The van der Waals surface area contributed by atoms with Crippen molar-refractivity contribution in [1.82, 2.24) is 0 Å². The van der Waals surface area contributed by atoms with E-state index in [0.29, 0.717) is 23.2 Å². The highest BCUT2D eigenvalue weighted by Crippen LogP contribution is 2.37. The van der Waals surface area contributed by atoms with Crippen molar-refractivity contribution in [3.8, 4) is 5.75 Å². The molecule has 20 heavy (non-hydrogen) atoms. The Kier molecular flexibility index (Phi) is 6.90. The highest BCUT2D eigenvalue weighted by molar-refractivity contribution is 9.10. The molecule has 7 heteroatoms. The molecule has 0 spiro atoms. The minimum Gasteiger partial charge on any atom is -0.484 e. The molecule has 1 aromatic carbocycles.